The fourth-order valence-electron chi connectivity index (χ4n) is 11.0. The Balaban J connectivity index is 1.24. The summed E-state index contributed by atoms with van der Waals surface area (Å²) in [5, 5.41) is 10.4. The Morgan fingerprint density at radius 3 is 2.46 bits per heavy atom. The quantitative estimate of drug-likeness (QED) is 0.368. The van der Waals surface area contributed by atoms with E-state index in [0.29, 0.717) is 19.3 Å². The molecule has 0 aromatic carbocycles. The van der Waals surface area contributed by atoms with Crippen LogP contribution in [-0.4, -0.2) is 81.4 Å². The number of hydrogen-bond donors (Lipinski definition) is 1. The minimum absolute atomic E-state index is 0.0250. The Labute approximate surface area is 224 Å². The van der Waals surface area contributed by atoms with Crippen molar-refractivity contribution < 1.29 is 52.7 Å². The van der Waals surface area contributed by atoms with Crippen LogP contribution in [0.3, 0.4) is 0 Å². The summed E-state index contributed by atoms with van der Waals surface area (Å²) in [5.41, 5.74) is -5.61. The number of aliphatic hydroxyl groups excluding tert-OH is 1. The molecule has 9 fully saturated rings. The van der Waals surface area contributed by atoms with Gasteiger partial charge in [-0.15, -0.1) is 0 Å². The van der Waals surface area contributed by atoms with Gasteiger partial charge in [0.25, 0.3) is 0 Å². The number of carbonyl (C=O) groups is 4. The first-order valence-corrected chi connectivity index (χ1v) is 14.3. The maximum atomic E-state index is 14.9. The van der Waals surface area contributed by atoms with Crippen LogP contribution in [0, 0.1) is 29.1 Å². The van der Waals surface area contributed by atoms with Crippen molar-refractivity contribution >= 4 is 23.5 Å². The topological polar surface area (TPSA) is 147 Å². The minimum atomic E-state index is -1.82. The first kappa shape index (κ1) is 23.8. The molecule has 0 unspecified atom stereocenters. The molecule has 9 rings (SSSR count). The summed E-state index contributed by atoms with van der Waals surface area (Å²) >= 11 is 0. The van der Waals surface area contributed by atoms with E-state index in [1.54, 1.807) is 0 Å². The molecular formula is C28H32O11. The predicted molar refractivity (Wildman–Crippen MR) is 123 cm³/mol. The number of carbonyl (C=O) groups excluding carboxylic acids is 4. The Morgan fingerprint density at radius 2 is 1.74 bits per heavy atom. The molecule has 0 aromatic heterocycles. The second-order valence-corrected chi connectivity index (χ2v) is 14.1. The number of esters is 2. The van der Waals surface area contributed by atoms with Gasteiger partial charge in [-0.05, 0) is 26.2 Å². The molecule has 11 nitrogen and oxygen atoms in total. The highest BCUT2D eigenvalue weighted by atomic mass is 16.8. The molecule has 39 heavy (non-hydrogen) atoms. The molecule has 2 saturated carbocycles. The number of ether oxygens (including phenoxy) is 6. The van der Waals surface area contributed by atoms with Crippen molar-refractivity contribution in [3.05, 3.63) is 0 Å². The number of ketones is 2. The lowest BCUT2D eigenvalue weighted by atomic mass is 9.62. The van der Waals surface area contributed by atoms with Crippen molar-refractivity contribution in [3.8, 4) is 0 Å². The van der Waals surface area contributed by atoms with Crippen molar-refractivity contribution in [1.82, 2.24) is 0 Å². The van der Waals surface area contributed by atoms with Crippen molar-refractivity contribution in [3.63, 3.8) is 0 Å². The van der Waals surface area contributed by atoms with Crippen LogP contribution in [0.2, 0.25) is 0 Å². The molecule has 210 valence electrons. The lowest BCUT2D eigenvalue weighted by Gasteiger charge is -2.41. The number of epoxide rings is 1. The molecule has 1 N–H and O–H groups in total. The number of fused-ring (bicyclic) bond motifs is 1. The molecule has 2 bridgehead atoms. The Morgan fingerprint density at radius 1 is 0.949 bits per heavy atom. The number of rotatable bonds is 1. The van der Waals surface area contributed by atoms with Crippen LogP contribution in [-0.2, 0) is 47.6 Å². The molecule has 11 heteroatoms. The zero-order valence-corrected chi connectivity index (χ0v) is 22.2. The van der Waals surface area contributed by atoms with Gasteiger partial charge < -0.3 is 28.8 Å². The lowest BCUT2D eigenvalue weighted by Crippen LogP contribution is -2.55. The fourth-order valence-corrected chi connectivity index (χ4v) is 11.0. The minimum Gasteiger partial charge on any atom is -0.456 e. The van der Waals surface area contributed by atoms with Crippen LogP contribution >= 0.6 is 0 Å². The molecule has 5 spiro atoms. The Kier molecular flexibility index (Phi) is 3.83. The molecule has 2 aliphatic carbocycles. The van der Waals surface area contributed by atoms with Gasteiger partial charge in [0.1, 0.15) is 23.1 Å². The van der Waals surface area contributed by atoms with Crippen LogP contribution in [0.25, 0.3) is 0 Å². The van der Waals surface area contributed by atoms with Gasteiger partial charge in [-0.1, -0.05) is 13.8 Å². The van der Waals surface area contributed by atoms with Crippen molar-refractivity contribution in [2.45, 2.75) is 112 Å². The SMILES string of the molecule is C[C@@H]1C(=O)[C@@]2(C)CC[C@]34C[C@]56OC(=O)C[C@H]5O[C@@](C)(CO)[C@@H]6C[C@@H]5O[C@@]53C(=O)[C@@]3(O[C@@]5(CCC(=O)O5)[C@@H]1[C@H]32)O4. The zero-order chi connectivity index (χ0) is 27.2. The van der Waals surface area contributed by atoms with Gasteiger partial charge in [0.15, 0.2) is 5.60 Å². The molecule has 0 radical (unpaired) electrons. The van der Waals surface area contributed by atoms with Gasteiger partial charge in [-0.2, -0.15) is 0 Å². The first-order chi connectivity index (χ1) is 18.4. The van der Waals surface area contributed by atoms with Crippen LogP contribution in [0.4, 0.5) is 0 Å². The molecule has 7 aliphatic heterocycles. The number of hydrogen-bond acceptors (Lipinski definition) is 11. The van der Waals surface area contributed by atoms with Crippen molar-refractivity contribution in [1.29, 1.82) is 0 Å². The van der Waals surface area contributed by atoms with E-state index in [0.717, 1.165) is 0 Å². The molecule has 13 atom stereocenters. The Hall–Kier alpha value is -1.92. The summed E-state index contributed by atoms with van der Waals surface area (Å²) in [6.07, 6.45) is 0.513. The molecule has 7 saturated heterocycles. The van der Waals surface area contributed by atoms with Gasteiger partial charge in [0.2, 0.25) is 17.4 Å². The van der Waals surface area contributed by atoms with E-state index in [1.807, 2.05) is 20.8 Å². The van der Waals surface area contributed by atoms with Gasteiger partial charge in [-0.3, -0.25) is 23.9 Å². The third kappa shape index (κ3) is 2.17. The normalized spacial score (nSPS) is 63.2. The predicted octanol–water partition coefficient (Wildman–Crippen LogP) is 0.719. The lowest BCUT2D eigenvalue weighted by molar-refractivity contribution is -0.313. The van der Waals surface area contributed by atoms with E-state index in [4.69, 9.17) is 28.4 Å². The molecule has 0 aromatic rings. The molecule has 9 aliphatic rings. The highest BCUT2D eigenvalue weighted by Gasteiger charge is 2.94. The van der Waals surface area contributed by atoms with E-state index in [2.05, 4.69) is 0 Å². The third-order valence-electron chi connectivity index (χ3n) is 12.5. The second-order valence-electron chi connectivity index (χ2n) is 14.1. The van der Waals surface area contributed by atoms with E-state index in [1.165, 1.54) is 0 Å². The molecule has 7 heterocycles. The van der Waals surface area contributed by atoms with E-state index in [9.17, 15) is 24.3 Å². The summed E-state index contributed by atoms with van der Waals surface area (Å²) in [4.78, 5) is 53.9. The second kappa shape index (κ2) is 6.28. The molecular weight excluding hydrogens is 512 g/mol. The summed E-state index contributed by atoms with van der Waals surface area (Å²) in [6, 6.07) is 0. The highest BCUT2D eigenvalue weighted by Crippen LogP contribution is 2.78. The summed E-state index contributed by atoms with van der Waals surface area (Å²) in [6.45, 7) is 5.26. The van der Waals surface area contributed by atoms with Crippen molar-refractivity contribution in [2.75, 3.05) is 6.61 Å². The molecule has 0 amide bonds. The maximum absolute atomic E-state index is 14.9. The fraction of sp³-hybridized carbons (Fsp3) is 0.857. The Bertz CT molecular complexity index is 1310. The third-order valence-corrected chi connectivity index (χ3v) is 12.5. The monoisotopic (exact) mass is 544 g/mol. The maximum Gasteiger partial charge on any atom is 0.309 e. The smallest absolute Gasteiger partial charge is 0.309 e. The van der Waals surface area contributed by atoms with Crippen LogP contribution in [0.1, 0.15) is 65.7 Å². The summed E-state index contributed by atoms with van der Waals surface area (Å²) in [7, 11) is 0. The number of aliphatic hydroxyl groups is 1. The zero-order valence-electron chi connectivity index (χ0n) is 22.2. The van der Waals surface area contributed by atoms with Crippen LogP contribution < -0.4 is 0 Å². The van der Waals surface area contributed by atoms with Crippen LogP contribution in [0.5, 0.6) is 0 Å². The van der Waals surface area contributed by atoms with Gasteiger partial charge in [0.05, 0.1) is 31.2 Å². The van der Waals surface area contributed by atoms with E-state index in [-0.39, 0.29) is 49.8 Å². The van der Waals surface area contributed by atoms with E-state index < -0.39 is 81.2 Å². The van der Waals surface area contributed by atoms with Crippen molar-refractivity contribution in [2.24, 2.45) is 29.1 Å². The largest absolute Gasteiger partial charge is 0.456 e. The average Bonchev–Trinajstić information content (AvgIpc) is 2.97. The summed E-state index contributed by atoms with van der Waals surface area (Å²) in [5.74, 6) is -6.43. The first-order valence-electron chi connectivity index (χ1n) is 14.3. The van der Waals surface area contributed by atoms with Crippen LogP contribution in [0.15, 0.2) is 0 Å². The van der Waals surface area contributed by atoms with Gasteiger partial charge in [-0.25, -0.2) is 0 Å². The van der Waals surface area contributed by atoms with Gasteiger partial charge in [0, 0.05) is 41.9 Å². The average molecular weight is 545 g/mol. The van der Waals surface area contributed by atoms with Gasteiger partial charge >= 0.3 is 11.9 Å². The van der Waals surface area contributed by atoms with E-state index >= 15 is 0 Å². The number of Topliss-reactive ketones (excluding diaryl/α,β-unsaturated/α-hetero) is 2. The highest BCUT2D eigenvalue weighted by molar-refractivity contribution is 6.03. The summed E-state index contributed by atoms with van der Waals surface area (Å²) < 4.78 is 38.4. The standard InChI is InChI=1S/C28H32O11/c1-12-18-19-22(2,20(12)32)6-7-24-10-25-13(23(3,11-29)34-14(25)9-17(31)36-25)8-15-27(24,35-15)21(33)28(19,38-24)39-26(18)5-4-16(30)37-26/h12-15,18-19,29H,4-11H2,1-3H3/t12-,13-,14+,15-,18-,19-,22-,23-,24-,25+,26-,27+,28+/m0/s1.